The number of alkyl halides is 3. The van der Waals surface area contributed by atoms with Crippen molar-refractivity contribution < 1.29 is 17.9 Å². The molecule has 0 spiro atoms. The highest BCUT2D eigenvalue weighted by Gasteiger charge is 2.27. The molecule has 2 N–H and O–H groups in total. The molecule has 19 heavy (non-hydrogen) atoms. The normalized spacial score (nSPS) is 11.8. The number of nitrogens with zero attached hydrogens (tertiary/aromatic N) is 1. The van der Waals surface area contributed by atoms with Gasteiger partial charge in [0.1, 0.15) is 5.75 Å². The van der Waals surface area contributed by atoms with Crippen molar-refractivity contribution in [2.24, 2.45) is 5.73 Å². The summed E-state index contributed by atoms with van der Waals surface area (Å²) < 4.78 is 41.5. The van der Waals surface area contributed by atoms with Gasteiger partial charge in [-0.2, -0.15) is 13.2 Å². The monoisotopic (exact) mass is 270 g/mol. The Labute approximate surface area is 108 Å². The zero-order valence-corrected chi connectivity index (χ0v) is 10.1. The summed E-state index contributed by atoms with van der Waals surface area (Å²) in [5.74, 6) is 0.385. The fraction of sp³-hybridized carbons (Fsp3) is 0.308. The maximum Gasteiger partial charge on any atom is 0.392 e. The van der Waals surface area contributed by atoms with Crippen LogP contribution in [0.15, 0.2) is 30.3 Å². The molecule has 0 aliphatic carbocycles. The molecule has 1 aromatic carbocycles. The highest BCUT2D eigenvalue weighted by atomic mass is 19.4. The molecule has 0 aliphatic rings. The van der Waals surface area contributed by atoms with Gasteiger partial charge in [-0.25, -0.2) is 0 Å². The number of halogens is 3. The van der Waals surface area contributed by atoms with Crippen LogP contribution in [0.4, 0.5) is 13.2 Å². The first-order valence-electron chi connectivity index (χ1n) is 5.78. The highest BCUT2D eigenvalue weighted by molar-refractivity contribution is 5.85. The summed E-state index contributed by atoms with van der Waals surface area (Å²) >= 11 is 0. The van der Waals surface area contributed by atoms with Crippen LogP contribution in [0.3, 0.4) is 0 Å². The maximum absolute atomic E-state index is 12.1. The Morgan fingerprint density at radius 2 is 1.95 bits per heavy atom. The summed E-state index contributed by atoms with van der Waals surface area (Å²) in [5.41, 5.74) is 6.75. The minimum atomic E-state index is -4.22. The molecule has 0 bridgehead atoms. The van der Waals surface area contributed by atoms with Crippen molar-refractivity contribution in [3.05, 3.63) is 36.0 Å². The number of para-hydroxylation sites is 1. The Morgan fingerprint density at radius 3 is 2.63 bits per heavy atom. The summed E-state index contributed by atoms with van der Waals surface area (Å²) in [4.78, 5) is 4.28. The van der Waals surface area contributed by atoms with Crippen LogP contribution in [0.25, 0.3) is 10.9 Å². The molecule has 0 unspecified atom stereocenters. The predicted octanol–water partition coefficient (Wildman–Crippen LogP) is 3.02. The van der Waals surface area contributed by atoms with E-state index in [9.17, 15) is 13.2 Å². The Kier molecular flexibility index (Phi) is 3.90. The van der Waals surface area contributed by atoms with Gasteiger partial charge in [0, 0.05) is 18.0 Å². The van der Waals surface area contributed by atoms with E-state index in [1.54, 1.807) is 30.3 Å². The van der Waals surface area contributed by atoms with Crippen LogP contribution in [0.1, 0.15) is 12.1 Å². The van der Waals surface area contributed by atoms with Gasteiger partial charge in [0.2, 0.25) is 0 Å². The first-order valence-corrected chi connectivity index (χ1v) is 5.78. The molecule has 1 heterocycles. The Morgan fingerprint density at radius 1 is 1.21 bits per heavy atom. The lowest BCUT2D eigenvalue weighted by atomic mass is 10.2. The van der Waals surface area contributed by atoms with E-state index in [0.29, 0.717) is 22.3 Å². The fourth-order valence-corrected chi connectivity index (χ4v) is 1.70. The zero-order valence-electron chi connectivity index (χ0n) is 10.1. The molecule has 0 aliphatic heterocycles. The maximum atomic E-state index is 12.1. The predicted molar refractivity (Wildman–Crippen MR) is 65.8 cm³/mol. The van der Waals surface area contributed by atoms with E-state index in [1.807, 2.05) is 0 Å². The Hall–Kier alpha value is -1.82. The second-order valence-corrected chi connectivity index (χ2v) is 4.05. The number of aromatic nitrogens is 1. The molecule has 6 heteroatoms. The summed E-state index contributed by atoms with van der Waals surface area (Å²) in [5, 5.41) is 0.682. The number of nitrogens with two attached hydrogens (primary N) is 1. The lowest BCUT2D eigenvalue weighted by Crippen LogP contribution is -2.13. The van der Waals surface area contributed by atoms with Crippen molar-refractivity contribution in [2.45, 2.75) is 19.1 Å². The lowest BCUT2D eigenvalue weighted by molar-refractivity contribution is -0.139. The van der Waals surface area contributed by atoms with E-state index < -0.39 is 19.2 Å². The molecular formula is C13H13F3N2O. The van der Waals surface area contributed by atoms with Gasteiger partial charge in [0.15, 0.2) is 0 Å². The van der Waals surface area contributed by atoms with Gasteiger partial charge in [-0.15, -0.1) is 0 Å². The molecule has 3 nitrogen and oxygen atoms in total. The van der Waals surface area contributed by atoms with Crippen LogP contribution in [-0.2, 0) is 6.54 Å². The number of hydrogen-bond donors (Lipinski definition) is 1. The van der Waals surface area contributed by atoms with Crippen molar-refractivity contribution in [2.75, 3.05) is 6.61 Å². The van der Waals surface area contributed by atoms with Crippen LogP contribution in [0.5, 0.6) is 5.75 Å². The average molecular weight is 270 g/mol. The summed E-state index contributed by atoms with van der Waals surface area (Å²) in [6.45, 7) is -0.206. The molecule has 0 amide bonds. The molecule has 2 aromatic rings. The Bertz CT molecular complexity index is 569. The molecule has 0 saturated heterocycles. The van der Waals surface area contributed by atoms with Gasteiger partial charge in [0.05, 0.1) is 24.2 Å². The van der Waals surface area contributed by atoms with Gasteiger partial charge in [-0.3, -0.25) is 4.98 Å². The third kappa shape index (κ3) is 3.57. The van der Waals surface area contributed by atoms with Crippen molar-refractivity contribution in [3.8, 4) is 5.75 Å². The van der Waals surface area contributed by atoms with Crippen LogP contribution < -0.4 is 10.5 Å². The van der Waals surface area contributed by atoms with Gasteiger partial charge in [-0.1, -0.05) is 12.1 Å². The second-order valence-electron chi connectivity index (χ2n) is 4.05. The van der Waals surface area contributed by atoms with E-state index in [4.69, 9.17) is 10.5 Å². The third-order valence-electron chi connectivity index (χ3n) is 2.58. The highest BCUT2D eigenvalue weighted by Crippen LogP contribution is 2.26. The first kappa shape index (κ1) is 13.6. The van der Waals surface area contributed by atoms with E-state index in [1.165, 1.54) is 0 Å². The van der Waals surface area contributed by atoms with Crippen molar-refractivity contribution in [1.82, 2.24) is 4.98 Å². The van der Waals surface area contributed by atoms with Gasteiger partial charge in [-0.05, 0) is 12.1 Å². The molecule has 0 fully saturated rings. The van der Waals surface area contributed by atoms with Crippen LogP contribution >= 0.6 is 0 Å². The van der Waals surface area contributed by atoms with E-state index in [-0.39, 0.29) is 6.54 Å². The number of rotatable bonds is 4. The molecule has 0 radical (unpaired) electrons. The third-order valence-corrected chi connectivity index (χ3v) is 2.58. The first-order chi connectivity index (χ1) is 8.99. The van der Waals surface area contributed by atoms with Crippen LogP contribution in [-0.4, -0.2) is 17.8 Å². The number of pyridine rings is 1. The number of hydrogen-bond acceptors (Lipinski definition) is 3. The average Bonchev–Trinajstić information content (AvgIpc) is 2.37. The quantitative estimate of drug-likeness (QED) is 0.929. The summed E-state index contributed by atoms with van der Waals surface area (Å²) in [7, 11) is 0. The largest absolute Gasteiger partial charge is 0.492 e. The molecule has 0 saturated carbocycles. The summed E-state index contributed by atoms with van der Waals surface area (Å²) in [6.07, 6.45) is -5.21. The van der Waals surface area contributed by atoms with Crippen molar-refractivity contribution >= 4 is 10.9 Å². The van der Waals surface area contributed by atoms with E-state index in [0.717, 1.165) is 0 Å². The number of fused-ring (bicyclic) bond motifs is 1. The van der Waals surface area contributed by atoms with Crippen LogP contribution in [0, 0.1) is 0 Å². The SMILES string of the molecule is NCc1cc(OCCC(F)(F)F)c2ccccc2n1. The van der Waals surface area contributed by atoms with E-state index in [2.05, 4.69) is 4.98 Å². The minimum absolute atomic E-state index is 0.209. The fourth-order valence-electron chi connectivity index (χ4n) is 1.70. The standard InChI is InChI=1S/C13H13F3N2O/c14-13(15,16)5-6-19-12-7-9(8-17)18-11-4-2-1-3-10(11)12/h1-4,7H,5-6,8,17H2. The Balaban J connectivity index is 2.25. The van der Waals surface area contributed by atoms with Crippen LogP contribution in [0.2, 0.25) is 0 Å². The molecular weight excluding hydrogens is 257 g/mol. The van der Waals surface area contributed by atoms with Crippen molar-refractivity contribution in [1.29, 1.82) is 0 Å². The molecule has 2 rings (SSSR count). The van der Waals surface area contributed by atoms with Gasteiger partial charge < -0.3 is 10.5 Å². The van der Waals surface area contributed by atoms with Crippen molar-refractivity contribution in [3.63, 3.8) is 0 Å². The minimum Gasteiger partial charge on any atom is -0.492 e. The molecule has 0 atom stereocenters. The smallest absolute Gasteiger partial charge is 0.392 e. The van der Waals surface area contributed by atoms with Gasteiger partial charge >= 0.3 is 6.18 Å². The lowest BCUT2D eigenvalue weighted by Gasteiger charge is -2.12. The summed E-state index contributed by atoms with van der Waals surface area (Å²) in [6, 6.07) is 8.69. The molecule has 102 valence electrons. The van der Waals surface area contributed by atoms with Gasteiger partial charge in [0.25, 0.3) is 0 Å². The van der Waals surface area contributed by atoms with E-state index >= 15 is 0 Å². The topological polar surface area (TPSA) is 48.1 Å². The molecule has 1 aromatic heterocycles. The second kappa shape index (κ2) is 5.44. The number of ether oxygens (including phenoxy) is 1. The number of benzene rings is 1. The zero-order chi connectivity index (χ0) is 13.9.